The van der Waals surface area contributed by atoms with E-state index in [0.717, 1.165) is 22.7 Å². The van der Waals surface area contributed by atoms with Gasteiger partial charge in [0.15, 0.2) is 0 Å². The number of hydrogen-bond acceptors (Lipinski definition) is 2. The fourth-order valence-electron chi connectivity index (χ4n) is 2.82. The van der Waals surface area contributed by atoms with Crippen molar-refractivity contribution >= 4 is 22.7 Å². The third-order valence-corrected chi connectivity index (χ3v) is 3.94. The zero-order valence-corrected chi connectivity index (χ0v) is 13.2. The quantitative estimate of drug-likeness (QED) is 0.463. The molecule has 0 fully saturated rings. The van der Waals surface area contributed by atoms with Gasteiger partial charge in [0.1, 0.15) is 0 Å². The van der Waals surface area contributed by atoms with Gasteiger partial charge >= 0.3 is 0 Å². The third-order valence-electron chi connectivity index (χ3n) is 3.94. The second kappa shape index (κ2) is 6.47. The molecule has 2 aromatic carbocycles. The molecule has 2 aromatic rings. The van der Waals surface area contributed by atoms with Crippen LogP contribution in [0.4, 0.5) is 22.7 Å². The van der Waals surface area contributed by atoms with Crippen LogP contribution in [0.15, 0.2) is 97.1 Å². The second-order valence-electron chi connectivity index (χ2n) is 5.76. The Hall–Kier alpha value is -3.26. The van der Waals surface area contributed by atoms with Crippen molar-refractivity contribution < 1.29 is 0 Å². The fraction of sp³-hybridized carbons (Fsp3) is 0. The fourth-order valence-corrected chi connectivity index (χ4v) is 2.82. The average Bonchev–Trinajstić information content (AvgIpc) is 2.96. The van der Waals surface area contributed by atoms with Gasteiger partial charge < -0.3 is 10.6 Å². The van der Waals surface area contributed by atoms with E-state index in [1.165, 1.54) is 11.1 Å². The summed E-state index contributed by atoms with van der Waals surface area (Å²) >= 11 is 0. The molecule has 0 bridgehead atoms. The maximum absolute atomic E-state index is 3.49. The summed E-state index contributed by atoms with van der Waals surface area (Å²) in [5.74, 6) is 0. The van der Waals surface area contributed by atoms with Crippen molar-refractivity contribution in [3.63, 3.8) is 0 Å². The Labute approximate surface area is 142 Å². The van der Waals surface area contributed by atoms with Crippen molar-refractivity contribution in [3.05, 3.63) is 97.1 Å². The minimum absolute atomic E-state index is 1.06. The minimum atomic E-state index is 1.06. The van der Waals surface area contributed by atoms with E-state index < -0.39 is 0 Å². The monoisotopic (exact) mass is 310 g/mol. The first kappa shape index (κ1) is 14.3. The standard InChI is InChI=1S/C22H18N2/c1-3-10-19(11-4-1)23-21-14-17-8-7-9-18(17)15-22(16-21)24-20-12-5-2-6-13-20/h1-16,23-24H. The highest BCUT2D eigenvalue weighted by Gasteiger charge is 2.05. The summed E-state index contributed by atoms with van der Waals surface area (Å²) in [6.07, 6.45) is 0. The van der Waals surface area contributed by atoms with E-state index in [0.29, 0.717) is 0 Å². The lowest BCUT2D eigenvalue weighted by atomic mass is 10.2. The molecule has 24 heavy (non-hydrogen) atoms. The van der Waals surface area contributed by atoms with Crippen LogP contribution in [0, 0.1) is 0 Å². The van der Waals surface area contributed by atoms with Crippen LogP contribution in [-0.4, -0.2) is 0 Å². The van der Waals surface area contributed by atoms with E-state index >= 15 is 0 Å². The number of anilines is 4. The molecule has 0 aliphatic heterocycles. The van der Waals surface area contributed by atoms with E-state index in [2.05, 4.69) is 71.3 Å². The van der Waals surface area contributed by atoms with Gasteiger partial charge in [-0.3, -0.25) is 0 Å². The number of rotatable bonds is 4. The molecule has 0 spiro atoms. The Kier molecular flexibility index (Phi) is 3.86. The maximum atomic E-state index is 3.49. The maximum Gasteiger partial charge on any atom is 0.0411 e. The Morgan fingerprint density at radius 3 is 1.29 bits per heavy atom. The van der Waals surface area contributed by atoms with E-state index in [9.17, 15) is 0 Å². The summed E-state index contributed by atoms with van der Waals surface area (Å²) in [6, 6.07) is 33.3. The lowest BCUT2D eigenvalue weighted by molar-refractivity contribution is 1.55. The summed E-state index contributed by atoms with van der Waals surface area (Å²) in [5.41, 5.74) is 6.70. The predicted octanol–water partition coefficient (Wildman–Crippen LogP) is 6.28. The number of hydrogen-bond donors (Lipinski definition) is 2. The van der Waals surface area contributed by atoms with Crippen LogP contribution in [0.1, 0.15) is 0 Å². The molecule has 0 unspecified atom stereocenters. The largest absolute Gasteiger partial charge is 0.355 e. The average molecular weight is 310 g/mol. The van der Waals surface area contributed by atoms with Crippen molar-refractivity contribution in [2.24, 2.45) is 0 Å². The highest BCUT2D eigenvalue weighted by Crippen LogP contribution is 2.31. The first-order valence-corrected chi connectivity index (χ1v) is 8.05. The van der Waals surface area contributed by atoms with Gasteiger partial charge in [-0.25, -0.2) is 0 Å². The molecule has 0 saturated carbocycles. The van der Waals surface area contributed by atoms with Crippen LogP contribution >= 0.6 is 0 Å². The van der Waals surface area contributed by atoms with Crippen molar-refractivity contribution in [3.8, 4) is 11.1 Å². The van der Waals surface area contributed by atoms with Crippen LogP contribution in [0.5, 0.6) is 0 Å². The number of nitrogens with one attached hydrogen (secondary N) is 2. The molecular formula is C22H18N2. The van der Waals surface area contributed by atoms with Gasteiger partial charge in [0, 0.05) is 22.7 Å². The van der Waals surface area contributed by atoms with Crippen molar-refractivity contribution in [1.29, 1.82) is 0 Å². The van der Waals surface area contributed by atoms with E-state index in [1.54, 1.807) is 0 Å². The Morgan fingerprint density at radius 1 is 0.375 bits per heavy atom. The van der Waals surface area contributed by atoms with Gasteiger partial charge in [-0.15, -0.1) is 0 Å². The Balaban J connectivity index is 1.73. The topological polar surface area (TPSA) is 24.1 Å². The number of para-hydroxylation sites is 2. The first-order chi connectivity index (χ1) is 11.9. The highest BCUT2D eigenvalue weighted by atomic mass is 14.9. The van der Waals surface area contributed by atoms with E-state index in [1.807, 2.05) is 36.4 Å². The summed E-state index contributed by atoms with van der Waals surface area (Å²) < 4.78 is 0. The minimum Gasteiger partial charge on any atom is -0.355 e. The second-order valence-corrected chi connectivity index (χ2v) is 5.76. The van der Waals surface area contributed by atoms with Gasteiger partial charge in [-0.2, -0.15) is 0 Å². The lowest BCUT2D eigenvalue weighted by Crippen LogP contribution is -1.91. The molecule has 0 aromatic heterocycles. The molecule has 116 valence electrons. The Morgan fingerprint density at radius 2 is 0.833 bits per heavy atom. The SMILES string of the molecule is c1ccc(Nc2cc(Nc3ccccc3)cc3cccc-3c2)cc1. The number of fused-ring (bicyclic) bond motifs is 1. The normalized spacial score (nSPS) is 10.5. The predicted molar refractivity (Wildman–Crippen MR) is 103 cm³/mol. The molecular weight excluding hydrogens is 292 g/mol. The van der Waals surface area contributed by atoms with Gasteiger partial charge in [0.25, 0.3) is 0 Å². The summed E-state index contributed by atoms with van der Waals surface area (Å²) in [5, 5.41) is 6.98. The number of benzene rings is 2. The summed E-state index contributed by atoms with van der Waals surface area (Å²) in [6.45, 7) is 0. The van der Waals surface area contributed by atoms with Crippen molar-refractivity contribution in [1.82, 2.24) is 0 Å². The molecule has 0 atom stereocenters. The van der Waals surface area contributed by atoms with Gasteiger partial charge in [-0.1, -0.05) is 54.6 Å². The zero-order valence-electron chi connectivity index (χ0n) is 13.2. The lowest BCUT2D eigenvalue weighted by Gasteiger charge is -2.07. The van der Waals surface area contributed by atoms with Crippen LogP contribution in [0.3, 0.4) is 0 Å². The van der Waals surface area contributed by atoms with Crippen LogP contribution in [0.25, 0.3) is 11.1 Å². The zero-order chi connectivity index (χ0) is 16.2. The molecule has 0 amide bonds. The molecule has 0 saturated heterocycles. The van der Waals surface area contributed by atoms with E-state index in [4.69, 9.17) is 0 Å². The summed E-state index contributed by atoms with van der Waals surface area (Å²) in [7, 11) is 0. The van der Waals surface area contributed by atoms with Crippen LogP contribution in [0.2, 0.25) is 0 Å². The smallest absolute Gasteiger partial charge is 0.0411 e. The molecule has 2 heteroatoms. The van der Waals surface area contributed by atoms with Crippen LogP contribution < -0.4 is 10.6 Å². The van der Waals surface area contributed by atoms with Crippen LogP contribution in [-0.2, 0) is 0 Å². The van der Waals surface area contributed by atoms with E-state index in [-0.39, 0.29) is 0 Å². The Bertz CT molecular complexity index is 828. The van der Waals surface area contributed by atoms with Crippen molar-refractivity contribution in [2.75, 3.05) is 10.6 Å². The summed E-state index contributed by atoms with van der Waals surface area (Å²) in [4.78, 5) is 0. The van der Waals surface area contributed by atoms with Crippen molar-refractivity contribution in [2.45, 2.75) is 0 Å². The molecule has 2 aliphatic carbocycles. The highest BCUT2D eigenvalue weighted by molar-refractivity contribution is 5.78. The molecule has 2 aliphatic rings. The van der Waals surface area contributed by atoms with Gasteiger partial charge in [0.2, 0.25) is 0 Å². The van der Waals surface area contributed by atoms with Gasteiger partial charge in [0.05, 0.1) is 0 Å². The molecule has 4 rings (SSSR count). The molecule has 2 nitrogen and oxygen atoms in total. The third kappa shape index (κ3) is 3.23. The molecule has 0 heterocycles. The molecule has 0 radical (unpaired) electrons. The molecule has 2 N–H and O–H groups in total. The van der Waals surface area contributed by atoms with Gasteiger partial charge in [-0.05, 0) is 53.6 Å². The first-order valence-electron chi connectivity index (χ1n) is 8.05.